The van der Waals surface area contributed by atoms with Gasteiger partial charge in [0.15, 0.2) is 12.2 Å². The highest BCUT2D eigenvalue weighted by Gasteiger charge is 2.45. The van der Waals surface area contributed by atoms with Crippen molar-refractivity contribution in [1.82, 2.24) is 9.88 Å². The van der Waals surface area contributed by atoms with E-state index >= 15 is 0 Å². The number of anilines is 1. The van der Waals surface area contributed by atoms with Gasteiger partial charge in [-0.25, -0.2) is 0 Å². The van der Waals surface area contributed by atoms with Crippen LogP contribution in [0.25, 0.3) is 0 Å². The Kier molecular flexibility index (Phi) is 5.41. The number of carbonyl (C=O) groups excluding carboxylic acids is 2. The van der Waals surface area contributed by atoms with Gasteiger partial charge in [0.05, 0.1) is 18.4 Å². The van der Waals surface area contributed by atoms with Gasteiger partial charge in [0.25, 0.3) is 11.8 Å². The summed E-state index contributed by atoms with van der Waals surface area (Å²) in [6.07, 6.45) is 5.09. The van der Waals surface area contributed by atoms with Gasteiger partial charge >= 0.3 is 0 Å². The fourth-order valence-electron chi connectivity index (χ4n) is 3.57. The molecule has 3 heterocycles. The summed E-state index contributed by atoms with van der Waals surface area (Å²) >= 11 is 0. The summed E-state index contributed by atoms with van der Waals surface area (Å²) in [6.45, 7) is 0.992. The quantitative estimate of drug-likeness (QED) is 0.840. The molecule has 1 aromatic heterocycles. The van der Waals surface area contributed by atoms with E-state index in [4.69, 9.17) is 9.57 Å². The van der Waals surface area contributed by atoms with Crippen molar-refractivity contribution < 1.29 is 19.2 Å². The normalized spacial score (nSPS) is 20.7. The van der Waals surface area contributed by atoms with Crippen LogP contribution in [0, 0.1) is 0 Å². The van der Waals surface area contributed by atoms with Crippen LogP contribution in [0.2, 0.25) is 0 Å². The number of oxime groups is 1. The molecule has 4 rings (SSSR count). The summed E-state index contributed by atoms with van der Waals surface area (Å²) in [7, 11) is 0. The van der Waals surface area contributed by atoms with Gasteiger partial charge in [0.2, 0.25) is 0 Å². The highest BCUT2D eigenvalue weighted by Crippen LogP contribution is 2.33. The topological polar surface area (TPSA) is 93.1 Å². The molecule has 0 bridgehead atoms. The maximum absolute atomic E-state index is 12.6. The van der Waals surface area contributed by atoms with Crippen molar-refractivity contribution in [2.75, 3.05) is 25.0 Å². The van der Waals surface area contributed by atoms with Crippen molar-refractivity contribution in [1.29, 1.82) is 0 Å². The largest absolute Gasteiger partial charge is 0.484 e. The number of nitrogens with zero attached hydrogens (tertiary/aromatic N) is 3. The van der Waals surface area contributed by atoms with Gasteiger partial charge in [-0.05, 0) is 37.1 Å². The van der Waals surface area contributed by atoms with Crippen molar-refractivity contribution in [2.45, 2.75) is 24.9 Å². The van der Waals surface area contributed by atoms with Gasteiger partial charge in [-0.2, -0.15) is 0 Å². The first-order valence-electron chi connectivity index (χ1n) is 9.56. The molecule has 1 fully saturated rings. The van der Waals surface area contributed by atoms with Crippen LogP contribution in [0.3, 0.4) is 0 Å². The van der Waals surface area contributed by atoms with Crippen LogP contribution >= 0.6 is 0 Å². The average molecular weight is 394 g/mol. The lowest BCUT2D eigenvalue weighted by atomic mass is 9.88. The van der Waals surface area contributed by atoms with Crippen molar-refractivity contribution in [2.24, 2.45) is 5.16 Å². The number of hydrogen-bond donors (Lipinski definition) is 1. The van der Waals surface area contributed by atoms with E-state index in [2.05, 4.69) is 15.5 Å². The first kappa shape index (κ1) is 18.9. The molecular formula is C21H22N4O4. The minimum absolute atomic E-state index is 0.0324. The van der Waals surface area contributed by atoms with Gasteiger partial charge in [-0.1, -0.05) is 23.4 Å². The summed E-state index contributed by atoms with van der Waals surface area (Å²) < 4.78 is 5.57. The standard InChI is InChI=1S/C21H22N4O4/c26-19(14-28-17-7-2-1-3-8-17)25-11-5-9-21(15-25)12-18(24-29-21)20(27)23-16-6-4-10-22-13-16/h1-4,6-8,10,13H,5,9,11-12,14-15H2,(H,23,27)/t21-/m1/s1. The summed E-state index contributed by atoms with van der Waals surface area (Å²) in [5, 5.41) is 6.78. The maximum atomic E-state index is 12.6. The number of benzene rings is 1. The lowest BCUT2D eigenvalue weighted by molar-refractivity contribution is -0.142. The lowest BCUT2D eigenvalue weighted by Gasteiger charge is -2.38. The summed E-state index contributed by atoms with van der Waals surface area (Å²) in [6, 6.07) is 12.7. The Hall–Kier alpha value is -3.42. The number of carbonyl (C=O) groups is 2. The minimum Gasteiger partial charge on any atom is -0.484 e. The zero-order valence-corrected chi connectivity index (χ0v) is 15.9. The maximum Gasteiger partial charge on any atom is 0.273 e. The number of rotatable bonds is 5. The van der Waals surface area contributed by atoms with Crippen LogP contribution in [0.4, 0.5) is 5.69 Å². The van der Waals surface area contributed by atoms with Crippen LogP contribution in [-0.2, 0) is 14.4 Å². The number of aromatic nitrogens is 1. The molecule has 2 aromatic rings. The molecule has 29 heavy (non-hydrogen) atoms. The highest BCUT2D eigenvalue weighted by molar-refractivity contribution is 6.43. The van der Waals surface area contributed by atoms with Crippen LogP contribution < -0.4 is 10.1 Å². The zero-order chi connectivity index (χ0) is 20.1. The smallest absolute Gasteiger partial charge is 0.273 e. The van der Waals surface area contributed by atoms with E-state index in [9.17, 15) is 9.59 Å². The minimum atomic E-state index is -0.651. The molecule has 1 N–H and O–H groups in total. The SMILES string of the molecule is O=C(Nc1cccnc1)C1=NO[C@]2(CCCN(C(=O)COc3ccccc3)C2)C1. The molecule has 1 aromatic carbocycles. The number of likely N-dealkylation sites (tertiary alicyclic amines) is 1. The Morgan fingerprint density at radius 1 is 1.21 bits per heavy atom. The fraction of sp³-hybridized carbons (Fsp3) is 0.333. The van der Waals surface area contributed by atoms with Crippen molar-refractivity contribution in [3.05, 3.63) is 54.9 Å². The van der Waals surface area contributed by atoms with Crippen molar-refractivity contribution in [3.63, 3.8) is 0 Å². The average Bonchev–Trinajstić information content (AvgIpc) is 3.16. The van der Waals surface area contributed by atoms with E-state index < -0.39 is 5.60 Å². The zero-order valence-electron chi connectivity index (χ0n) is 15.9. The summed E-state index contributed by atoms with van der Waals surface area (Å²) in [5.41, 5.74) is 0.269. The van der Waals surface area contributed by atoms with Gasteiger partial charge in [-0.3, -0.25) is 14.6 Å². The second kappa shape index (κ2) is 8.30. The highest BCUT2D eigenvalue weighted by atomic mass is 16.7. The molecule has 0 radical (unpaired) electrons. The predicted octanol–water partition coefficient (Wildman–Crippen LogP) is 2.24. The van der Waals surface area contributed by atoms with Gasteiger partial charge < -0.3 is 19.8 Å². The first-order chi connectivity index (χ1) is 14.1. The molecule has 150 valence electrons. The lowest BCUT2D eigenvalue weighted by Crippen LogP contribution is -2.51. The van der Waals surface area contributed by atoms with E-state index in [1.54, 1.807) is 29.4 Å². The number of ether oxygens (including phenoxy) is 1. The third kappa shape index (κ3) is 4.53. The number of para-hydroxylation sites is 1. The Morgan fingerprint density at radius 2 is 2.07 bits per heavy atom. The molecule has 0 aliphatic carbocycles. The second-order valence-corrected chi connectivity index (χ2v) is 7.21. The molecular weight excluding hydrogens is 372 g/mol. The van der Waals surface area contributed by atoms with E-state index in [0.29, 0.717) is 36.7 Å². The molecule has 1 spiro atoms. The number of piperidine rings is 1. The molecule has 2 aliphatic heterocycles. The van der Waals surface area contributed by atoms with Crippen molar-refractivity contribution >= 4 is 23.2 Å². The Bertz CT molecular complexity index is 903. The Morgan fingerprint density at radius 3 is 2.86 bits per heavy atom. The van der Waals surface area contributed by atoms with Gasteiger partial charge in [-0.15, -0.1) is 0 Å². The van der Waals surface area contributed by atoms with Crippen LogP contribution in [0.15, 0.2) is 60.0 Å². The van der Waals surface area contributed by atoms with E-state index in [1.165, 1.54) is 0 Å². The second-order valence-electron chi connectivity index (χ2n) is 7.21. The molecule has 8 heteroatoms. The summed E-state index contributed by atoms with van der Waals surface area (Å²) in [4.78, 5) is 36.4. The molecule has 0 unspecified atom stereocenters. The first-order valence-corrected chi connectivity index (χ1v) is 9.56. The molecule has 1 atom stereocenters. The molecule has 2 amide bonds. The number of amides is 2. The monoisotopic (exact) mass is 394 g/mol. The third-order valence-corrected chi connectivity index (χ3v) is 5.02. The van der Waals surface area contributed by atoms with E-state index in [-0.39, 0.29) is 18.4 Å². The van der Waals surface area contributed by atoms with Crippen LogP contribution in [0.1, 0.15) is 19.3 Å². The Labute approximate surface area is 168 Å². The molecule has 0 saturated carbocycles. The molecule has 8 nitrogen and oxygen atoms in total. The van der Waals surface area contributed by atoms with E-state index in [1.807, 2.05) is 30.3 Å². The molecule has 1 saturated heterocycles. The molecule has 2 aliphatic rings. The fourth-order valence-corrected chi connectivity index (χ4v) is 3.57. The van der Waals surface area contributed by atoms with Crippen LogP contribution in [-0.4, -0.2) is 52.7 Å². The third-order valence-electron chi connectivity index (χ3n) is 5.02. The number of pyridine rings is 1. The summed E-state index contributed by atoms with van der Waals surface area (Å²) in [5.74, 6) is 0.234. The number of nitrogens with one attached hydrogen (secondary N) is 1. The van der Waals surface area contributed by atoms with Gasteiger partial charge in [0.1, 0.15) is 11.5 Å². The van der Waals surface area contributed by atoms with Crippen LogP contribution in [0.5, 0.6) is 5.75 Å². The van der Waals surface area contributed by atoms with E-state index in [0.717, 1.165) is 12.8 Å². The van der Waals surface area contributed by atoms with Crippen molar-refractivity contribution in [3.8, 4) is 5.75 Å². The predicted molar refractivity (Wildman–Crippen MR) is 106 cm³/mol. The van der Waals surface area contributed by atoms with Gasteiger partial charge in [0, 0.05) is 19.2 Å². The Balaban J connectivity index is 1.32. The number of hydrogen-bond acceptors (Lipinski definition) is 6.